The zero-order valence-corrected chi connectivity index (χ0v) is 9.88. The van der Waals surface area contributed by atoms with E-state index in [1.165, 1.54) is 0 Å². The number of hydrogen-bond acceptors (Lipinski definition) is 2. The lowest BCUT2D eigenvalue weighted by Gasteiger charge is -2.05. The molecule has 0 unspecified atom stereocenters. The van der Waals surface area contributed by atoms with E-state index < -0.39 is 0 Å². The van der Waals surface area contributed by atoms with Gasteiger partial charge in [0.1, 0.15) is 0 Å². The van der Waals surface area contributed by atoms with E-state index in [4.69, 9.17) is 0 Å². The van der Waals surface area contributed by atoms with Gasteiger partial charge >= 0.3 is 0 Å². The summed E-state index contributed by atoms with van der Waals surface area (Å²) in [7, 11) is 1.94. The van der Waals surface area contributed by atoms with Crippen molar-refractivity contribution in [2.45, 2.75) is 19.4 Å². The first kappa shape index (κ1) is 11.5. The largest absolute Gasteiger partial charge is 0.320 e. The monoisotopic (exact) mass is 258 g/mol. The maximum Gasteiger partial charge on any atom is 0.264 e. The van der Waals surface area contributed by atoms with Gasteiger partial charge in [-0.1, -0.05) is 0 Å². The standard InChI is InChI=1S/C10H15BrN2O/c1-12-6-2-3-7-13-8-4-5-9(11)10(13)14/h4-5,8,12H,2-3,6-7H2,1H3. The lowest BCUT2D eigenvalue weighted by molar-refractivity contribution is 0.577. The third kappa shape index (κ3) is 3.27. The van der Waals surface area contributed by atoms with Crippen LogP contribution in [0.15, 0.2) is 27.6 Å². The van der Waals surface area contributed by atoms with Gasteiger partial charge in [-0.05, 0) is 54.5 Å². The molecular formula is C10H15BrN2O. The Hall–Kier alpha value is -0.610. The van der Waals surface area contributed by atoms with Crippen LogP contribution in [-0.2, 0) is 6.54 Å². The van der Waals surface area contributed by atoms with E-state index in [0.717, 1.165) is 25.9 Å². The number of unbranched alkanes of at least 4 members (excludes halogenated alkanes) is 1. The molecule has 3 nitrogen and oxygen atoms in total. The molecule has 1 aromatic rings. The molecule has 0 fully saturated rings. The van der Waals surface area contributed by atoms with Gasteiger partial charge in [-0.2, -0.15) is 0 Å². The Morgan fingerprint density at radius 3 is 3.00 bits per heavy atom. The minimum atomic E-state index is 0.0527. The van der Waals surface area contributed by atoms with Crippen molar-refractivity contribution in [3.8, 4) is 0 Å². The molecule has 4 heteroatoms. The van der Waals surface area contributed by atoms with Crippen LogP contribution < -0.4 is 10.9 Å². The number of hydrogen-bond donors (Lipinski definition) is 1. The molecule has 0 radical (unpaired) electrons. The van der Waals surface area contributed by atoms with Crippen LogP contribution in [0.4, 0.5) is 0 Å². The molecule has 0 aliphatic heterocycles. The van der Waals surface area contributed by atoms with Crippen LogP contribution in [0, 0.1) is 0 Å². The van der Waals surface area contributed by atoms with Crippen molar-refractivity contribution in [1.82, 2.24) is 9.88 Å². The van der Waals surface area contributed by atoms with E-state index in [1.54, 1.807) is 10.6 Å². The van der Waals surface area contributed by atoms with Crippen LogP contribution >= 0.6 is 15.9 Å². The lowest BCUT2D eigenvalue weighted by Crippen LogP contribution is -2.20. The van der Waals surface area contributed by atoms with Crippen molar-refractivity contribution < 1.29 is 0 Å². The van der Waals surface area contributed by atoms with Crippen LogP contribution in [-0.4, -0.2) is 18.2 Å². The Bertz CT molecular complexity index is 335. The van der Waals surface area contributed by atoms with Crippen LogP contribution in [0.5, 0.6) is 0 Å². The summed E-state index contributed by atoms with van der Waals surface area (Å²) in [5, 5.41) is 3.08. The van der Waals surface area contributed by atoms with Gasteiger partial charge < -0.3 is 9.88 Å². The van der Waals surface area contributed by atoms with Crippen molar-refractivity contribution >= 4 is 15.9 Å². The molecule has 0 bridgehead atoms. The van der Waals surface area contributed by atoms with E-state index in [1.807, 2.05) is 19.3 Å². The fourth-order valence-electron chi connectivity index (χ4n) is 1.27. The average Bonchev–Trinajstić information content (AvgIpc) is 2.19. The predicted molar refractivity (Wildman–Crippen MR) is 61.6 cm³/mol. The first-order valence-corrected chi connectivity index (χ1v) is 5.54. The molecule has 0 aromatic carbocycles. The molecule has 0 spiro atoms. The second kappa shape index (κ2) is 5.98. The zero-order chi connectivity index (χ0) is 10.4. The summed E-state index contributed by atoms with van der Waals surface area (Å²) in [6.07, 6.45) is 3.94. The third-order valence-electron chi connectivity index (χ3n) is 2.05. The SMILES string of the molecule is CNCCCCn1cccc(Br)c1=O. The Kier molecular flexibility index (Phi) is 4.90. The fourth-order valence-corrected chi connectivity index (χ4v) is 1.65. The summed E-state index contributed by atoms with van der Waals surface area (Å²) in [5.41, 5.74) is 0.0527. The molecule has 1 heterocycles. The summed E-state index contributed by atoms with van der Waals surface area (Å²) >= 11 is 3.22. The Labute approximate surface area is 92.3 Å². The highest BCUT2D eigenvalue weighted by molar-refractivity contribution is 9.10. The van der Waals surface area contributed by atoms with Gasteiger partial charge in [-0.15, -0.1) is 0 Å². The third-order valence-corrected chi connectivity index (χ3v) is 2.65. The van der Waals surface area contributed by atoms with Crippen molar-refractivity contribution in [2.24, 2.45) is 0 Å². The molecule has 0 atom stereocenters. The van der Waals surface area contributed by atoms with Gasteiger partial charge in [0.05, 0.1) is 4.47 Å². The van der Waals surface area contributed by atoms with E-state index >= 15 is 0 Å². The van der Waals surface area contributed by atoms with Crippen LogP contribution in [0.2, 0.25) is 0 Å². The van der Waals surface area contributed by atoms with Crippen LogP contribution in [0.25, 0.3) is 0 Å². The second-order valence-electron chi connectivity index (χ2n) is 3.17. The normalized spacial score (nSPS) is 10.4. The van der Waals surface area contributed by atoms with Gasteiger partial charge in [0.25, 0.3) is 5.56 Å². The first-order chi connectivity index (χ1) is 6.75. The molecule has 0 saturated heterocycles. The number of nitrogens with zero attached hydrogens (tertiary/aromatic N) is 1. The topological polar surface area (TPSA) is 34.0 Å². The first-order valence-electron chi connectivity index (χ1n) is 4.75. The summed E-state index contributed by atoms with van der Waals surface area (Å²) in [6.45, 7) is 1.79. The molecule has 0 saturated carbocycles. The Morgan fingerprint density at radius 1 is 1.50 bits per heavy atom. The quantitative estimate of drug-likeness (QED) is 0.815. The Morgan fingerprint density at radius 2 is 2.29 bits per heavy atom. The summed E-state index contributed by atoms with van der Waals surface area (Å²) < 4.78 is 2.37. The predicted octanol–water partition coefficient (Wildman–Crippen LogP) is 1.61. The van der Waals surface area contributed by atoms with Crippen LogP contribution in [0.1, 0.15) is 12.8 Å². The number of aryl methyl sites for hydroxylation is 1. The van der Waals surface area contributed by atoms with Crippen molar-refractivity contribution in [3.05, 3.63) is 33.2 Å². The molecular weight excluding hydrogens is 244 g/mol. The smallest absolute Gasteiger partial charge is 0.264 e. The molecule has 0 amide bonds. The van der Waals surface area contributed by atoms with Crippen molar-refractivity contribution in [1.29, 1.82) is 0 Å². The minimum absolute atomic E-state index is 0.0527. The zero-order valence-electron chi connectivity index (χ0n) is 8.29. The van der Waals surface area contributed by atoms with Crippen LogP contribution in [0.3, 0.4) is 0 Å². The highest BCUT2D eigenvalue weighted by atomic mass is 79.9. The molecule has 14 heavy (non-hydrogen) atoms. The molecule has 0 aliphatic rings. The number of pyridine rings is 1. The molecule has 78 valence electrons. The minimum Gasteiger partial charge on any atom is -0.320 e. The number of nitrogens with one attached hydrogen (secondary N) is 1. The highest BCUT2D eigenvalue weighted by Gasteiger charge is 1.98. The van der Waals surface area contributed by atoms with Gasteiger partial charge in [0.15, 0.2) is 0 Å². The molecule has 0 aliphatic carbocycles. The average molecular weight is 259 g/mol. The maximum atomic E-state index is 11.5. The Balaban J connectivity index is 2.51. The lowest BCUT2D eigenvalue weighted by atomic mass is 10.3. The van der Waals surface area contributed by atoms with E-state index in [0.29, 0.717) is 4.47 Å². The van der Waals surface area contributed by atoms with E-state index in [2.05, 4.69) is 21.2 Å². The van der Waals surface area contributed by atoms with E-state index in [9.17, 15) is 4.79 Å². The van der Waals surface area contributed by atoms with E-state index in [-0.39, 0.29) is 5.56 Å². The summed E-state index contributed by atoms with van der Waals surface area (Å²) in [4.78, 5) is 11.5. The summed E-state index contributed by atoms with van der Waals surface area (Å²) in [5.74, 6) is 0. The van der Waals surface area contributed by atoms with Gasteiger partial charge in [0.2, 0.25) is 0 Å². The van der Waals surface area contributed by atoms with Crippen molar-refractivity contribution in [3.63, 3.8) is 0 Å². The fraction of sp³-hybridized carbons (Fsp3) is 0.500. The second-order valence-corrected chi connectivity index (χ2v) is 4.02. The molecule has 1 aromatic heterocycles. The highest BCUT2D eigenvalue weighted by Crippen LogP contribution is 2.01. The van der Waals surface area contributed by atoms with Gasteiger partial charge in [-0.25, -0.2) is 0 Å². The van der Waals surface area contributed by atoms with Gasteiger partial charge in [0, 0.05) is 12.7 Å². The summed E-state index contributed by atoms with van der Waals surface area (Å²) in [6, 6.07) is 3.65. The molecule has 1 rings (SSSR count). The molecule has 1 N–H and O–H groups in total. The number of aromatic nitrogens is 1. The maximum absolute atomic E-state index is 11.5. The van der Waals surface area contributed by atoms with Gasteiger partial charge in [-0.3, -0.25) is 4.79 Å². The van der Waals surface area contributed by atoms with Crippen molar-refractivity contribution in [2.75, 3.05) is 13.6 Å². The number of rotatable bonds is 5. The number of halogens is 1.